The van der Waals surface area contributed by atoms with E-state index in [4.69, 9.17) is 4.52 Å². The lowest BCUT2D eigenvalue weighted by molar-refractivity contribution is 0.0617. The number of benzene rings is 1. The van der Waals surface area contributed by atoms with Gasteiger partial charge in [-0.15, -0.1) is 0 Å². The van der Waals surface area contributed by atoms with Gasteiger partial charge in [0.1, 0.15) is 0 Å². The molecule has 3 rings (SSSR count). The molecule has 1 fully saturated rings. The van der Waals surface area contributed by atoms with E-state index in [1.54, 1.807) is 0 Å². The van der Waals surface area contributed by atoms with Crippen LogP contribution in [-0.2, 0) is 6.54 Å². The topological polar surface area (TPSA) is 49.6 Å². The lowest BCUT2D eigenvalue weighted by Gasteiger charge is -2.34. The summed E-state index contributed by atoms with van der Waals surface area (Å²) >= 11 is 0. The summed E-state index contributed by atoms with van der Waals surface area (Å²) in [6.45, 7) is 7.92. The summed E-state index contributed by atoms with van der Waals surface area (Å²) in [5, 5.41) is 3.91. The van der Waals surface area contributed by atoms with Crippen molar-refractivity contribution in [3.63, 3.8) is 0 Å². The van der Waals surface area contributed by atoms with Crippen LogP contribution < -0.4 is 0 Å². The van der Waals surface area contributed by atoms with E-state index in [0.717, 1.165) is 49.7 Å². The van der Waals surface area contributed by atoms with Gasteiger partial charge in [0, 0.05) is 37.8 Å². The van der Waals surface area contributed by atoms with E-state index < -0.39 is 0 Å². The predicted molar refractivity (Wildman–Crippen MR) is 83.6 cm³/mol. The Morgan fingerprint density at radius 2 is 1.82 bits per heavy atom. The van der Waals surface area contributed by atoms with Crippen molar-refractivity contribution in [2.45, 2.75) is 20.4 Å². The molecule has 5 nitrogen and oxygen atoms in total. The van der Waals surface area contributed by atoms with Crippen molar-refractivity contribution >= 4 is 5.91 Å². The minimum absolute atomic E-state index is 0.121. The number of aromatic nitrogens is 1. The summed E-state index contributed by atoms with van der Waals surface area (Å²) in [7, 11) is 0. The minimum atomic E-state index is 0.121. The normalized spacial score (nSPS) is 16.0. The molecule has 1 aromatic carbocycles. The Balaban J connectivity index is 1.55. The monoisotopic (exact) mass is 299 g/mol. The summed E-state index contributed by atoms with van der Waals surface area (Å²) in [6, 6.07) is 9.73. The molecule has 0 aliphatic carbocycles. The van der Waals surface area contributed by atoms with Crippen LogP contribution in [0.15, 0.2) is 34.9 Å². The molecule has 1 aromatic heterocycles. The van der Waals surface area contributed by atoms with Gasteiger partial charge in [0.2, 0.25) is 0 Å². The van der Waals surface area contributed by atoms with Gasteiger partial charge in [-0.1, -0.05) is 22.9 Å². The molecule has 2 heterocycles. The predicted octanol–water partition coefficient (Wildman–Crippen LogP) is 2.25. The summed E-state index contributed by atoms with van der Waals surface area (Å²) in [6.07, 6.45) is 0. The summed E-state index contributed by atoms with van der Waals surface area (Å²) < 4.78 is 5.25. The van der Waals surface area contributed by atoms with E-state index in [0.29, 0.717) is 0 Å². The van der Waals surface area contributed by atoms with Crippen molar-refractivity contribution in [1.29, 1.82) is 0 Å². The number of hydrogen-bond donors (Lipinski definition) is 0. The van der Waals surface area contributed by atoms with Crippen LogP contribution in [0.5, 0.6) is 0 Å². The van der Waals surface area contributed by atoms with Crippen LogP contribution in [0.25, 0.3) is 0 Å². The van der Waals surface area contributed by atoms with Crippen LogP contribution in [0.1, 0.15) is 27.4 Å². The van der Waals surface area contributed by atoms with Crippen molar-refractivity contribution in [2.24, 2.45) is 0 Å². The molecule has 5 heteroatoms. The maximum absolute atomic E-state index is 12.5. The molecule has 0 radical (unpaired) electrons. The minimum Gasteiger partial charge on any atom is -0.360 e. The van der Waals surface area contributed by atoms with Crippen LogP contribution >= 0.6 is 0 Å². The van der Waals surface area contributed by atoms with Gasteiger partial charge < -0.3 is 9.42 Å². The fraction of sp³-hybridized carbons (Fsp3) is 0.412. The molecule has 0 bridgehead atoms. The lowest BCUT2D eigenvalue weighted by atomic mass is 10.1. The molecule has 22 heavy (non-hydrogen) atoms. The molecule has 0 saturated carbocycles. The van der Waals surface area contributed by atoms with E-state index >= 15 is 0 Å². The molecule has 116 valence electrons. The van der Waals surface area contributed by atoms with Gasteiger partial charge in [-0.3, -0.25) is 9.69 Å². The molecule has 0 N–H and O–H groups in total. The highest BCUT2D eigenvalue weighted by atomic mass is 16.5. The van der Waals surface area contributed by atoms with Gasteiger partial charge in [0.05, 0.1) is 12.2 Å². The number of nitrogens with zero attached hydrogens (tertiary/aromatic N) is 3. The Kier molecular flexibility index (Phi) is 4.24. The first-order chi connectivity index (χ1) is 10.6. The molecule has 1 saturated heterocycles. The molecule has 1 aliphatic heterocycles. The van der Waals surface area contributed by atoms with Crippen molar-refractivity contribution in [2.75, 3.05) is 26.2 Å². The summed E-state index contributed by atoms with van der Waals surface area (Å²) in [4.78, 5) is 16.7. The number of carbonyl (C=O) groups excluding carboxylic acids is 1. The van der Waals surface area contributed by atoms with Gasteiger partial charge in [0.15, 0.2) is 5.76 Å². The second-order valence-corrected chi connectivity index (χ2v) is 5.87. The first kappa shape index (κ1) is 14.8. The highest BCUT2D eigenvalue weighted by Crippen LogP contribution is 2.13. The Morgan fingerprint density at radius 1 is 1.14 bits per heavy atom. The Hall–Kier alpha value is -2.14. The van der Waals surface area contributed by atoms with E-state index in [-0.39, 0.29) is 5.91 Å². The largest absolute Gasteiger partial charge is 0.360 e. The van der Waals surface area contributed by atoms with Gasteiger partial charge in [-0.05, 0) is 26.0 Å². The Morgan fingerprint density at radius 3 is 2.41 bits per heavy atom. The van der Waals surface area contributed by atoms with Crippen LogP contribution in [0.3, 0.4) is 0 Å². The Bertz CT molecular complexity index is 640. The molecule has 0 spiro atoms. The first-order valence-corrected chi connectivity index (χ1v) is 7.62. The number of aryl methyl sites for hydroxylation is 2. The third-order valence-corrected chi connectivity index (χ3v) is 4.01. The van der Waals surface area contributed by atoms with E-state index in [1.165, 1.54) is 5.56 Å². The van der Waals surface area contributed by atoms with Gasteiger partial charge in [0.25, 0.3) is 5.91 Å². The summed E-state index contributed by atoms with van der Waals surface area (Å²) in [5.74, 6) is 1.01. The molecule has 0 atom stereocenters. The van der Waals surface area contributed by atoms with Crippen LogP contribution in [0.4, 0.5) is 0 Å². The average molecular weight is 299 g/mol. The zero-order valence-corrected chi connectivity index (χ0v) is 13.1. The van der Waals surface area contributed by atoms with E-state index in [1.807, 2.05) is 49.1 Å². The van der Waals surface area contributed by atoms with Crippen molar-refractivity contribution in [1.82, 2.24) is 15.0 Å². The maximum atomic E-state index is 12.5. The van der Waals surface area contributed by atoms with Gasteiger partial charge in [-0.2, -0.15) is 0 Å². The number of carbonyl (C=O) groups is 1. The average Bonchev–Trinajstić information content (AvgIpc) is 2.93. The van der Waals surface area contributed by atoms with E-state index in [2.05, 4.69) is 10.1 Å². The fourth-order valence-electron chi connectivity index (χ4n) is 2.70. The Labute approximate surface area is 130 Å². The van der Waals surface area contributed by atoms with Crippen molar-refractivity contribution < 1.29 is 9.32 Å². The standard InChI is InChI=1S/C17H21N3O2/c1-13-3-5-15(6-4-13)17(21)20-9-7-19(8-10-20)12-16-11-14(2)18-22-16/h3-6,11H,7-10,12H2,1-2H3. The molecular formula is C17H21N3O2. The quantitative estimate of drug-likeness (QED) is 0.872. The number of piperazine rings is 1. The smallest absolute Gasteiger partial charge is 0.253 e. The molecule has 0 unspecified atom stereocenters. The van der Waals surface area contributed by atoms with Gasteiger partial charge in [-0.25, -0.2) is 0 Å². The van der Waals surface area contributed by atoms with Crippen LogP contribution in [0.2, 0.25) is 0 Å². The zero-order chi connectivity index (χ0) is 15.5. The number of hydrogen-bond acceptors (Lipinski definition) is 4. The number of amides is 1. The SMILES string of the molecule is Cc1ccc(C(=O)N2CCN(Cc3cc(C)no3)CC2)cc1. The van der Waals surface area contributed by atoms with E-state index in [9.17, 15) is 4.79 Å². The molecule has 2 aromatic rings. The third-order valence-electron chi connectivity index (χ3n) is 4.01. The molecular weight excluding hydrogens is 278 g/mol. The highest BCUT2D eigenvalue weighted by Gasteiger charge is 2.22. The fourth-order valence-corrected chi connectivity index (χ4v) is 2.70. The van der Waals surface area contributed by atoms with Crippen LogP contribution in [0, 0.1) is 13.8 Å². The highest BCUT2D eigenvalue weighted by molar-refractivity contribution is 5.94. The number of rotatable bonds is 3. The maximum Gasteiger partial charge on any atom is 0.253 e. The second-order valence-electron chi connectivity index (χ2n) is 5.87. The first-order valence-electron chi connectivity index (χ1n) is 7.62. The van der Waals surface area contributed by atoms with Gasteiger partial charge >= 0.3 is 0 Å². The van der Waals surface area contributed by atoms with Crippen molar-refractivity contribution in [3.8, 4) is 0 Å². The molecule has 1 aliphatic rings. The van der Waals surface area contributed by atoms with Crippen molar-refractivity contribution in [3.05, 3.63) is 52.9 Å². The third kappa shape index (κ3) is 3.36. The zero-order valence-electron chi connectivity index (χ0n) is 13.1. The lowest BCUT2D eigenvalue weighted by Crippen LogP contribution is -2.48. The summed E-state index contributed by atoms with van der Waals surface area (Å²) in [5.41, 5.74) is 2.84. The molecule has 1 amide bonds. The second kappa shape index (κ2) is 6.32. The van der Waals surface area contributed by atoms with Crippen LogP contribution in [-0.4, -0.2) is 47.0 Å².